The quantitative estimate of drug-likeness (QED) is 0.784. The zero-order valence-corrected chi connectivity index (χ0v) is 9.59. The SMILES string of the molecule is CCOC(=O)C(F)(F)c1cccc(Cl)c1C#N. The molecule has 0 radical (unpaired) electrons. The highest BCUT2D eigenvalue weighted by Crippen LogP contribution is 2.34. The van der Waals surface area contributed by atoms with E-state index in [-0.39, 0.29) is 11.6 Å². The fourth-order valence-electron chi connectivity index (χ4n) is 1.23. The van der Waals surface area contributed by atoms with Crippen LogP contribution in [0.5, 0.6) is 0 Å². The van der Waals surface area contributed by atoms with Crippen LogP contribution < -0.4 is 0 Å². The van der Waals surface area contributed by atoms with Gasteiger partial charge in [0.2, 0.25) is 0 Å². The number of halogens is 3. The van der Waals surface area contributed by atoms with Gasteiger partial charge in [-0.25, -0.2) is 4.79 Å². The van der Waals surface area contributed by atoms with Gasteiger partial charge in [-0.2, -0.15) is 14.0 Å². The van der Waals surface area contributed by atoms with Crippen LogP contribution >= 0.6 is 11.6 Å². The molecule has 0 bridgehead atoms. The van der Waals surface area contributed by atoms with E-state index < -0.39 is 23.0 Å². The van der Waals surface area contributed by atoms with Gasteiger partial charge in [-0.15, -0.1) is 0 Å². The van der Waals surface area contributed by atoms with E-state index >= 15 is 0 Å². The number of carbonyl (C=O) groups excluding carboxylic acids is 1. The number of alkyl halides is 2. The average molecular weight is 260 g/mol. The van der Waals surface area contributed by atoms with Crippen LogP contribution in [-0.2, 0) is 15.5 Å². The summed E-state index contributed by atoms with van der Waals surface area (Å²) >= 11 is 5.61. The minimum absolute atomic E-state index is 0.131. The van der Waals surface area contributed by atoms with Gasteiger partial charge in [0.05, 0.1) is 22.8 Å². The Morgan fingerprint density at radius 2 is 2.24 bits per heavy atom. The smallest absolute Gasteiger partial charge is 0.382 e. The lowest BCUT2D eigenvalue weighted by atomic mass is 10.0. The largest absolute Gasteiger partial charge is 0.461 e. The monoisotopic (exact) mass is 259 g/mol. The van der Waals surface area contributed by atoms with Crippen LogP contribution in [0.1, 0.15) is 18.1 Å². The molecule has 1 rings (SSSR count). The van der Waals surface area contributed by atoms with Crippen LogP contribution in [0.2, 0.25) is 5.02 Å². The molecule has 0 aliphatic carbocycles. The summed E-state index contributed by atoms with van der Waals surface area (Å²) in [5, 5.41) is 8.62. The number of hydrogen-bond acceptors (Lipinski definition) is 3. The van der Waals surface area contributed by atoms with Gasteiger partial charge < -0.3 is 4.74 Å². The van der Waals surface area contributed by atoms with Crippen molar-refractivity contribution < 1.29 is 18.3 Å². The van der Waals surface area contributed by atoms with Gasteiger partial charge in [-0.1, -0.05) is 23.7 Å². The lowest BCUT2D eigenvalue weighted by molar-refractivity contribution is -0.173. The first kappa shape index (κ1) is 13.4. The van der Waals surface area contributed by atoms with E-state index in [4.69, 9.17) is 16.9 Å². The Labute approximate surface area is 102 Å². The lowest BCUT2D eigenvalue weighted by Gasteiger charge is -2.16. The minimum atomic E-state index is -3.88. The Balaban J connectivity index is 3.29. The number of nitrogens with zero attached hydrogens (tertiary/aromatic N) is 1. The van der Waals surface area contributed by atoms with Crippen LogP contribution in [0.3, 0.4) is 0 Å². The van der Waals surface area contributed by atoms with E-state index in [0.717, 1.165) is 6.07 Å². The van der Waals surface area contributed by atoms with Crippen molar-refractivity contribution in [2.45, 2.75) is 12.8 Å². The molecule has 0 aromatic heterocycles. The molecular formula is C11H8ClF2NO2. The molecule has 3 nitrogen and oxygen atoms in total. The summed E-state index contributed by atoms with van der Waals surface area (Å²) in [6.45, 7) is 1.24. The van der Waals surface area contributed by atoms with Crippen molar-refractivity contribution in [3.05, 3.63) is 34.3 Å². The third-order valence-electron chi connectivity index (χ3n) is 2.00. The average Bonchev–Trinajstić information content (AvgIpc) is 2.29. The fraction of sp³-hybridized carbons (Fsp3) is 0.273. The molecule has 90 valence electrons. The third kappa shape index (κ3) is 2.53. The number of nitriles is 1. The Hall–Kier alpha value is -1.67. The minimum Gasteiger partial charge on any atom is -0.461 e. The maximum Gasteiger partial charge on any atom is 0.382 e. The Kier molecular flexibility index (Phi) is 4.02. The standard InChI is InChI=1S/C11H8ClF2NO2/c1-2-17-10(16)11(13,14)8-4-3-5-9(12)7(8)6-15/h3-5H,2H2,1H3. The molecule has 0 aliphatic heterocycles. The molecule has 1 aromatic carbocycles. The normalized spacial score (nSPS) is 10.8. The van der Waals surface area contributed by atoms with Crippen LogP contribution in [0.15, 0.2) is 18.2 Å². The van der Waals surface area contributed by atoms with Gasteiger partial charge in [0, 0.05) is 0 Å². The molecule has 0 heterocycles. The molecule has 0 fully saturated rings. The second-order valence-electron chi connectivity index (χ2n) is 3.07. The van der Waals surface area contributed by atoms with E-state index in [1.165, 1.54) is 19.1 Å². The molecule has 17 heavy (non-hydrogen) atoms. The maximum atomic E-state index is 13.7. The summed E-state index contributed by atoms with van der Waals surface area (Å²) in [5.74, 6) is -5.58. The number of benzene rings is 1. The van der Waals surface area contributed by atoms with E-state index in [2.05, 4.69) is 4.74 Å². The molecule has 0 saturated heterocycles. The van der Waals surface area contributed by atoms with Crippen molar-refractivity contribution in [2.24, 2.45) is 0 Å². The summed E-state index contributed by atoms with van der Waals surface area (Å²) in [4.78, 5) is 11.1. The zero-order valence-electron chi connectivity index (χ0n) is 8.84. The number of ether oxygens (including phenoxy) is 1. The van der Waals surface area contributed by atoms with E-state index in [0.29, 0.717) is 0 Å². The van der Waals surface area contributed by atoms with Crippen molar-refractivity contribution in [1.82, 2.24) is 0 Å². The van der Waals surface area contributed by atoms with Crippen molar-refractivity contribution >= 4 is 17.6 Å². The molecule has 0 unspecified atom stereocenters. The molecule has 0 spiro atoms. The predicted octanol–water partition coefficient (Wildman–Crippen LogP) is 2.87. The molecule has 0 amide bonds. The van der Waals surface area contributed by atoms with Crippen molar-refractivity contribution in [2.75, 3.05) is 6.61 Å². The number of hydrogen-bond donors (Lipinski definition) is 0. The molecular weight excluding hydrogens is 252 g/mol. The number of carbonyl (C=O) groups is 1. The first-order chi connectivity index (χ1) is 7.95. The Bertz CT molecular complexity index is 483. The highest BCUT2D eigenvalue weighted by Gasteiger charge is 2.44. The van der Waals surface area contributed by atoms with Crippen LogP contribution in [0.4, 0.5) is 8.78 Å². The van der Waals surface area contributed by atoms with Crippen molar-refractivity contribution in [3.8, 4) is 6.07 Å². The number of rotatable bonds is 3. The predicted molar refractivity (Wildman–Crippen MR) is 56.7 cm³/mol. The lowest BCUT2D eigenvalue weighted by Crippen LogP contribution is -2.29. The maximum absolute atomic E-state index is 13.7. The van der Waals surface area contributed by atoms with E-state index in [1.54, 1.807) is 6.07 Å². The first-order valence-corrected chi connectivity index (χ1v) is 5.07. The van der Waals surface area contributed by atoms with Crippen LogP contribution in [0.25, 0.3) is 0 Å². The molecule has 0 atom stereocenters. The van der Waals surface area contributed by atoms with Gasteiger partial charge in [0.25, 0.3) is 0 Å². The van der Waals surface area contributed by atoms with Gasteiger partial charge >= 0.3 is 11.9 Å². The summed E-state index contributed by atoms with van der Waals surface area (Å²) in [5.41, 5.74) is -1.17. The molecule has 6 heteroatoms. The van der Waals surface area contributed by atoms with Crippen LogP contribution in [0, 0.1) is 11.3 Å². The Morgan fingerprint density at radius 3 is 2.76 bits per heavy atom. The van der Waals surface area contributed by atoms with Crippen molar-refractivity contribution in [1.29, 1.82) is 5.26 Å². The second kappa shape index (κ2) is 5.11. The summed E-state index contributed by atoms with van der Waals surface area (Å²) in [6, 6.07) is 5.06. The van der Waals surface area contributed by atoms with Gasteiger partial charge in [-0.3, -0.25) is 0 Å². The van der Waals surface area contributed by atoms with Crippen LogP contribution in [-0.4, -0.2) is 12.6 Å². The zero-order chi connectivity index (χ0) is 13.1. The number of esters is 1. The first-order valence-electron chi connectivity index (χ1n) is 4.69. The van der Waals surface area contributed by atoms with E-state index in [9.17, 15) is 13.6 Å². The van der Waals surface area contributed by atoms with Gasteiger partial charge in [0.1, 0.15) is 6.07 Å². The fourth-order valence-corrected chi connectivity index (χ4v) is 1.45. The van der Waals surface area contributed by atoms with Gasteiger partial charge in [-0.05, 0) is 13.0 Å². The summed E-state index contributed by atoms with van der Waals surface area (Å²) < 4.78 is 31.6. The van der Waals surface area contributed by atoms with Gasteiger partial charge in [0.15, 0.2) is 0 Å². The molecule has 1 aromatic rings. The van der Waals surface area contributed by atoms with E-state index in [1.807, 2.05) is 0 Å². The van der Waals surface area contributed by atoms with Crippen molar-refractivity contribution in [3.63, 3.8) is 0 Å². The highest BCUT2D eigenvalue weighted by molar-refractivity contribution is 6.31. The Morgan fingerprint density at radius 1 is 1.59 bits per heavy atom. The molecule has 0 saturated carbocycles. The summed E-state index contributed by atoms with van der Waals surface area (Å²) in [7, 11) is 0. The second-order valence-corrected chi connectivity index (χ2v) is 3.48. The third-order valence-corrected chi connectivity index (χ3v) is 2.31. The molecule has 0 N–H and O–H groups in total. The highest BCUT2D eigenvalue weighted by atomic mass is 35.5. The topological polar surface area (TPSA) is 50.1 Å². The summed E-state index contributed by atoms with van der Waals surface area (Å²) in [6.07, 6.45) is 0. The molecule has 0 aliphatic rings.